The van der Waals surface area contributed by atoms with Crippen LogP contribution in [-0.4, -0.2) is 55.4 Å². The van der Waals surface area contributed by atoms with Crippen LogP contribution in [0.1, 0.15) is 5.56 Å². The Kier molecular flexibility index (Phi) is 4.33. The van der Waals surface area contributed by atoms with Gasteiger partial charge >= 0.3 is 0 Å². The molecule has 4 nitrogen and oxygen atoms in total. The quantitative estimate of drug-likeness (QED) is 0.793. The molecule has 0 radical (unpaired) electrons. The number of hydrogen-bond donors (Lipinski definition) is 1. The number of benzene rings is 1. The van der Waals surface area contributed by atoms with Crippen LogP contribution < -0.4 is 5.73 Å². The summed E-state index contributed by atoms with van der Waals surface area (Å²) in [7, 11) is 2.12. The molecular weight excluding hydrogens is 226 g/mol. The van der Waals surface area contributed by atoms with Crippen molar-refractivity contribution in [2.45, 2.75) is 6.42 Å². The van der Waals surface area contributed by atoms with Crippen molar-refractivity contribution in [3.63, 3.8) is 0 Å². The Morgan fingerprint density at radius 2 is 2.00 bits per heavy atom. The van der Waals surface area contributed by atoms with Gasteiger partial charge in [-0.1, -0.05) is 12.1 Å². The van der Waals surface area contributed by atoms with Crippen molar-refractivity contribution in [3.05, 3.63) is 29.8 Å². The smallest absolute Gasteiger partial charge is 0.151 e. The van der Waals surface area contributed by atoms with E-state index in [2.05, 4.69) is 16.8 Å². The highest BCUT2D eigenvalue weighted by molar-refractivity contribution is 5.83. The molecule has 1 heterocycles. The lowest BCUT2D eigenvalue weighted by Crippen LogP contribution is -2.46. The van der Waals surface area contributed by atoms with Crippen LogP contribution in [0.3, 0.4) is 0 Å². The number of hydrogen-bond acceptors (Lipinski definition) is 4. The summed E-state index contributed by atoms with van der Waals surface area (Å²) in [5, 5.41) is 0. The Labute approximate surface area is 108 Å². The largest absolute Gasteiger partial charge is 0.399 e. The summed E-state index contributed by atoms with van der Waals surface area (Å²) in [6.45, 7) is 4.62. The molecule has 2 rings (SSSR count). The second-order valence-electron chi connectivity index (χ2n) is 5.04. The molecule has 1 aliphatic rings. The number of nitrogens with zero attached hydrogens (tertiary/aromatic N) is 2. The molecule has 98 valence electrons. The van der Waals surface area contributed by atoms with Gasteiger partial charge in [-0.3, -0.25) is 9.69 Å². The minimum absolute atomic E-state index is 0.269. The van der Waals surface area contributed by atoms with E-state index >= 15 is 0 Å². The first-order chi connectivity index (χ1) is 8.63. The van der Waals surface area contributed by atoms with Crippen LogP contribution in [-0.2, 0) is 11.2 Å². The summed E-state index contributed by atoms with van der Waals surface area (Å²) in [5.41, 5.74) is 7.44. The molecule has 1 aromatic rings. The third kappa shape index (κ3) is 3.82. The maximum absolute atomic E-state index is 12.0. The Morgan fingerprint density at radius 1 is 1.28 bits per heavy atom. The number of carbonyl (C=O) groups is 1. The molecule has 0 aromatic heterocycles. The summed E-state index contributed by atoms with van der Waals surface area (Å²) in [4.78, 5) is 16.5. The zero-order chi connectivity index (χ0) is 13.0. The molecule has 18 heavy (non-hydrogen) atoms. The molecule has 0 spiro atoms. The minimum atomic E-state index is 0.269. The molecular formula is C14H21N3O. The van der Waals surface area contributed by atoms with Gasteiger partial charge in [0.1, 0.15) is 0 Å². The van der Waals surface area contributed by atoms with Gasteiger partial charge in [0.2, 0.25) is 0 Å². The zero-order valence-electron chi connectivity index (χ0n) is 10.9. The summed E-state index contributed by atoms with van der Waals surface area (Å²) in [6.07, 6.45) is 0.484. The van der Waals surface area contributed by atoms with Gasteiger partial charge in [-0.15, -0.1) is 0 Å². The van der Waals surface area contributed by atoms with E-state index in [1.807, 2.05) is 24.3 Å². The third-order valence-corrected chi connectivity index (χ3v) is 3.35. The van der Waals surface area contributed by atoms with Crippen molar-refractivity contribution >= 4 is 11.5 Å². The lowest BCUT2D eigenvalue weighted by Gasteiger charge is -2.31. The van der Waals surface area contributed by atoms with Crippen molar-refractivity contribution in [2.24, 2.45) is 0 Å². The SMILES string of the molecule is CN1CCN(CC(=O)Cc2cccc(N)c2)CC1. The van der Waals surface area contributed by atoms with Crippen LogP contribution in [0.15, 0.2) is 24.3 Å². The Morgan fingerprint density at radius 3 is 2.67 bits per heavy atom. The van der Waals surface area contributed by atoms with E-state index in [1.54, 1.807) is 0 Å². The summed E-state index contributed by atoms with van der Waals surface area (Å²) in [5.74, 6) is 0.269. The second-order valence-corrected chi connectivity index (χ2v) is 5.04. The first-order valence-electron chi connectivity index (χ1n) is 6.40. The Balaban J connectivity index is 1.82. The normalized spacial score (nSPS) is 17.8. The number of nitrogens with two attached hydrogens (primary N) is 1. The van der Waals surface area contributed by atoms with Crippen molar-refractivity contribution in [1.29, 1.82) is 0 Å². The summed E-state index contributed by atoms with van der Waals surface area (Å²) < 4.78 is 0. The predicted octanol–water partition coefficient (Wildman–Crippen LogP) is 0.628. The molecule has 0 saturated carbocycles. The molecule has 0 bridgehead atoms. The molecule has 1 saturated heterocycles. The van der Waals surface area contributed by atoms with Crippen LogP contribution in [0.25, 0.3) is 0 Å². The van der Waals surface area contributed by atoms with Gasteiger partial charge in [-0.25, -0.2) is 0 Å². The first kappa shape index (κ1) is 13.1. The van der Waals surface area contributed by atoms with Crippen LogP contribution in [0.5, 0.6) is 0 Å². The highest BCUT2D eigenvalue weighted by Crippen LogP contribution is 2.08. The van der Waals surface area contributed by atoms with Crippen molar-refractivity contribution in [2.75, 3.05) is 45.5 Å². The predicted molar refractivity (Wildman–Crippen MR) is 73.5 cm³/mol. The van der Waals surface area contributed by atoms with Gasteiger partial charge in [-0.05, 0) is 24.7 Å². The van der Waals surface area contributed by atoms with Crippen LogP contribution in [0, 0.1) is 0 Å². The van der Waals surface area contributed by atoms with Crippen molar-refractivity contribution in [1.82, 2.24) is 9.80 Å². The number of carbonyl (C=O) groups excluding carboxylic acids is 1. The molecule has 0 aliphatic carbocycles. The fraction of sp³-hybridized carbons (Fsp3) is 0.500. The van der Waals surface area contributed by atoms with Gasteiger partial charge in [-0.2, -0.15) is 0 Å². The first-order valence-corrected chi connectivity index (χ1v) is 6.40. The molecule has 0 unspecified atom stereocenters. The maximum atomic E-state index is 12.0. The monoisotopic (exact) mass is 247 g/mol. The maximum Gasteiger partial charge on any atom is 0.151 e. The van der Waals surface area contributed by atoms with E-state index in [0.717, 1.165) is 37.4 Å². The number of nitrogen functional groups attached to an aromatic ring is 1. The van der Waals surface area contributed by atoms with Crippen LogP contribution in [0.4, 0.5) is 5.69 Å². The second kappa shape index (κ2) is 5.98. The summed E-state index contributed by atoms with van der Waals surface area (Å²) in [6, 6.07) is 7.57. The van der Waals surface area contributed by atoms with E-state index < -0.39 is 0 Å². The van der Waals surface area contributed by atoms with E-state index in [4.69, 9.17) is 5.73 Å². The van der Waals surface area contributed by atoms with Crippen molar-refractivity contribution < 1.29 is 4.79 Å². The van der Waals surface area contributed by atoms with E-state index in [1.165, 1.54) is 0 Å². The number of Topliss-reactive ketones (excluding diaryl/α,β-unsaturated/α-hetero) is 1. The van der Waals surface area contributed by atoms with Gasteiger partial charge in [0.25, 0.3) is 0 Å². The van der Waals surface area contributed by atoms with Gasteiger partial charge in [0, 0.05) is 38.3 Å². The molecule has 2 N–H and O–H groups in total. The van der Waals surface area contributed by atoms with Gasteiger partial charge in [0.05, 0.1) is 6.54 Å². The zero-order valence-corrected chi connectivity index (χ0v) is 10.9. The molecule has 1 fully saturated rings. The molecule has 0 atom stereocenters. The van der Waals surface area contributed by atoms with E-state index in [-0.39, 0.29) is 5.78 Å². The fourth-order valence-corrected chi connectivity index (χ4v) is 2.24. The molecule has 0 amide bonds. The minimum Gasteiger partial charge on any atom is -0.399 e. The lowest BCUT2D eigenvalue weighted by molar-refractivity contribution is -0.119. The Bertz CT molecular complexity index is 411. The highest BCUT2D eigenvalue weighted by Gasteiger charge is 2.16. The number of ketones is 1. The van der Waals surface area contributed by atoms with Crippen LogP contribution >= 0.6 is 0 Å². The average molecular weight is 247 g/mol. The lowest BCUT2D eigenvalue weighted by atomic mass is 10.1. The van der Waals surface area contributed by atoms with Crippen molar-refractivity contribution in [3.8, 4) is 0 Å². The van der Waals surface area contributed by atoms with Crippen LogP contribution in [0.2, 0.25) is 0 Å². The van der Waals surface area contributed by atoms with E-state index in [9.17, 15) is 4.79 Å². The number of piperazine rings is 1. The standard InChI is InChI=1S/C14H21N3O/c1-16-5-7-17(8-6-16)11-14(18)10-12-3-2-4-13(15)9-12/h2-4,9H,5-8,10-11,15H2,1H3. The number of likely N-dealkylation sites (N-methyl/N-ethyl adjacent to an activating group) is 1. The molecule has 1 aromatic carbocycles. The highest BCUT2D eigenvalue weighted by atomic mass is 16.1. The van der Waals surface area contributed by atoms with Gasteiger partial charge in [0.15, 0.2) is 5.78 Å². The molecule has 4 heteroatoms. The van der Waals surface area contributed by atoms with E-state index in [0.29, 0.717) is 13.0 Å². The Hall–Kier alpha value is -1.39. The van der Waals surface area contributed by atoms with Gasteiger partial charge < -0.3 is 10.6 Å². The summed E-state index contributed by atoms with van der Waals surface area (Å²) >= 11 is 0. The molecule has 1 aliphatic heterocycles. The average Bonchev–Trinajstić information content (AvgIpc) is 2.32. The number of rotatable bonds is 4. The number of anilines is 1. The topological polar surface area (TPSA) is 49.6 Å². The fourth-order valence-electron chi connectivity index (χ4n) is 2.24. The third-order valence-electron chi connectivity index (χ3n) is 3.35.